The van der Waals surface area contributed by atoms with Crippen LogP contribution in [0.4, 0.5) is 68.9 Å². The molecule has 6 rings (SSSR count). The van der Waals surface area contributed by atoms with E-state index in [4.69, 9.17) is 28.3 Å². The number of benzene rings is 2. The first-order valence-corrected chi connectivity index (χ1v) is 19.8. The monoisotopic (exact) mass is 936 g/mol. The Morgan fingerprint density at radius 2 is 0.984 bits per heavy atom. The summed E-state index contributed by atoms with van der Waals surface area (Å²) in [5.41, 5.74) is 4.60. The average molecular weight is 938 g/mol. The molecule has 0 atom stereocenters. The number of aliphatic hydroxyl groups excluding tert-OH is 1. The maximum atomic E-state index is 12.6. The van der Waals surface area contributed by atoms with Gasteiger partial charge in [0.05, 0.1) is 0 Å². The summed E-state index contributed by atoms with van der Waals surface area (Å²) in [4.78, 5) is 21.9. The van der Waals surface area contributed by atoms with E-state index in [0.29, 0.717) is 11.6 Å². The number of hydrogen-bond donors (Lipinski definition) is 2. The summed E-state index contributed by atoms with van der Waals surface area (Å²) in [7, 11) is 0. The van der Waals surface area contributed by atoms with Crippen LogP contribution in [0.1, 0.15) is 44.2 Å². The molecule has 4 fully saturated rings. The second kappa shape index (κ2) is 22.5. The third-order valence-corrected chi connectivity index (χ3v) is 10.8. The zero-order valence-electron chi connectivity index (χ0n) is 32.1. The third kappa shape index (κ3) is 15.6. The Labute approximate surface area is 356 Å². The molecule has 2 aromatic rings. The Morgan fingerprint density at radius 3 is 1.33 bits per heavy atom. The van der Waals surface area contributed by atoms with Crippen molar-refractivity contribution in [1.29, 1.82) is 0 Å². The number of aliphatic hydroxyl groups is 1. The molecule has 348 valence electrons. The molecule has 2 N–H and O–H groups in total. The van der Waals surface area contributed by atoms with Gasteiger partial charge in [0, 0.05) is 124 Å². The molecule has 23 heteroatoms. The molecule has 0 unspecified atom stereocenters. The van der Waals surface area contributed by atoms with Crippen LogP contribution in [0.15, 0.2) is 36.4 Å². The van der Waals surface area contributed by atoms with Crippen LogP contribution in [0.5, 0.6) is 0 Å². The van der Waals surface area contributed by atoms with E-state index < -0.39 is 43.0 Å². The minimum absolute atomic E-state index is 0. The average Bonchev–Trinajstić information content (AvgIpc) is 3.91. The number of nitrogens with one attached hydrogen (secondary N) is 1. The molecule has 1 amide bonds. The van der Waals surface area contributed by atoms with Crippen LogP contribution in [0.25, 0.3) is 0 Å². The highest BCUT2D eigenvalue weighted by atomic mass is 35.5. The smallest absolute Gasteiger partial charge is 0.426 e. The van der Waals surface area contributed by atoms with Gasteiger partial charge >= 0.3 is 30.8 Å². The third-order valence-electron chi connectivity index (χ3n) is 10.1. The van der Waals surface area contributed by atoms with Crippen molar-refractivity contribution in [3.05, 3.63) is 57.6 Å². The predicted molar refractivity (Wildman–Crippen MR) is 208 cm³/mol. The lowest BCUT2D eigenvalue weighted by Crippen LogP contribution is -2.52. The minimum Gasteiger partial charge on any atom is -0.426 e. The molecular formula is C38H50Cl2F12N6O3. The summed E-state index contributed by atoms with van der Waals surface area (Å²) in [5, 5.41) is 12.4. The van der Waals surface area contributed by atoms with E-state index in [9.17, 15) is 57.5 Å². The van der Waals surface area contributed by atoms with Crippen molar-refractivity contribution in [2.24, 2.45) is 0 Å². The largest absolute Gasteiger partial charge is 0.434 e. The lowest BCUT2D eigenvalue weighted by Gasteiger charge is -2.36. The van der Waals surface area contributed by atoms with Crippen LogP contribution in [-0.2, 0) is 17.8 Å². The summed E-state index contributed by atoms with van der Waals surface area (Å²) in [6, 6.07) is 12.0. The van der Waals surface area contributed by atoms with Crippen molar-refractivity contribution < 1.29 is 67.3 Å². The number of carbonyl (C=O) groups is 1. The van der Waals surface area contributed by atoms with E-state index in [1.54, 1.807) is 6.07 Å². The van der Waals surface area contributed by atoms with Gasteiger partial charge in [-0.3, -0.25) is 9.80 Å². The Hall–Kier alpha value is -3.11. The normalized spacial score (nSPS) is 18.4. The molecule has 4 heterocycles. The van der Waals surface area contributed by atoms with Crippen molar-refractivity contribution in [3.8, 4) is 0 Å². The second-order valence-corrected chi connectivity index (χ2v) is 15.3. The molecule has 0 aliphatic carbocycles. The number of halogens is 14. The van der Waals surface area contributed by atoms with Crippen LogP contribution in [0, 0.1) is 0 Å². The van der Waals surface area contributed by atoms with Crippen molar-refractivity contribution in [3.63, 3.8) is 0 Å². The van der Waals surface area contributed by atoms with Crippen molar-refractivity contribution in [1.82, 2.24) is 20.0 Å². The van der Waals surface area contributed by atoms with Gasteiger partial charge in [-0.25, -0.2) is 4.79 Å². The van der Waals surface area contributed by atoms with Gasteiger partial charge in [0.1, 0.15) is 0 Å². The number of hydrogen-bond acceptors (Lipinski definition) is 8. The standard InChI is InChI=1S/C19H22ClF6N3O2.C15H22ClN3.C3H2F6O.CH4/c20-14-4-3-5-15(28-6-1-2-7-28)13(14)12-27-8-10-29(11-9-27)17(30)31-16(18(21,22)23)19(24,25)26;16-14-4-3-5-15(19-8-1-2-9-19)13(14)12-18-10-6-17-7-11-18;4-2(5,6)1(10)3(7,8)9;/h3-5,16H,1-2,6-12H2;3-5,17H,1-2,6-12H2;1,10H;1H4. The molecule has 61 heavy (non-hydrogen) atoms. The van der Waals surface area contributed by atoms with Gasteiger partial charge in [-0.2, -0.15) is 52.7 Å². The SMILES string of the molecule is C.Clc1cccc(N2CCCC2)c1CN1CCNCC1.O=C(OC(C(F)(F)F)C(F)(F)F)N1CCN(Cc2c(Cl)cccc2N2CCCC2)CC1.OC(C(F)(F)F)C(F)(F)F. The maximum absolute atomic E-state index is 12.6. The topological polar surface area (TPSA) is 74.8 Å². The van der Waals surface area contributed by atoms with Crippen LogP contribution in [0.3, 0.4) is 0 Å². The number of piperazine rings is 2. The molecule has 0 radical (unpaired) electrons. The summed E-state index contributed by atoms with van der Waals surface area (Å²) >= 11 is 12.9. The highest BCUT2D eigenvalue weighted by molar-refractivity contribution is 6.32. The first-order chi connectivity index (χ1) is 28.0. The zero-order valence-corrected chi connectivity index (χ0v) is 33.6. The zero-order chi connectivity index (χ0) is 44.5. The highest BCUT2D eigenvalue weighted by Crippen LogP contribution is 2.37. The van der Waals surface area contributed by atoms with E-state index in [0.717, 1.165) is 79.8 Å². The summed E-state index contributed by atoms with van der Waals surface area (Å²) in [6.45, 7) is 10.5. The Morgan fingerprint density at radius 1 is 0.607 bits per heavy atom. The number of alkyl halides is 12. The van der Waals surface area contributed by atoms with E-state index in [1.165, 1.54) is 37.2 Å². The van der Waals surface area contributed by atoms with Crippen LogP contribution in [-0.4, -0.2) is 141 Å². The van der Waals surface area contributed by atoms with Gasteiger partial charge < -0.3 is 29.9 Å². The molecule has 4 aliphatic heterocycles. The van der Waals surface area contributed by atoms with Gasteiger partial charge in [-0.15, -0.1) is 0 Å². The summed E-state index contributed by atoms with van der Waals surface area (Å²) in [6.07, 6.45) is -27.9. The van der Waals surface area contributed by atoms with E-state index >= 15 is 0 Å². The Kier molecular flexibility index (Phi) is 19.3. The highest BCUT2D eigenvalue weighted by Gasteiger charge is 2.60. The van der Waals surface area contributed by atoms with E-state index in [2.05, 4.69) is 36.9 Å². The van der Waals surface area contributed by atoms with E-state index in [-0.39, 0.29) is 33.6 Å². The fourth-order valence-electron chi connectivity index (χ4n) is 7.00. The number of anilines is 2. The number of nitrogens with zero attached hydrogens (tertiary/aromatic N) is 5. The van der Waals surface area contributed by atoms with Gasteiger partial charge in [-0.05, 0) is 49.9 Å². The minimum atomic E-state index is -5.73. The number of ether oxygens (including phenoxy) is 1. The molecule has 0 aromatic heterocycles. The Bertz CT molecular complexity index is 1630. The van der Waals surface area contributed by atoms with Crippen LogP contribution >= 0.6 is 23.2 Å². The summed E-state index contributed by atoms with van der Waals surface area (Å²) in [5.74, 6) is 0. The number of amides is 1. The van der Waals surface area contributed by atoms with E-state index in [1.807, 2.05) is 23.1 Å². The van der Waals surface area contributed by atoms with Gasteiger partial charge in [-0.1, -0.05) is 42.8 Å². The lowest BCUT2D eigenvalue weighted by atomic mass is 10.1. The van der Waals surface area contributed by atoms with Crippen LogP contribution < -0.4 is 15.1 Å². The van der Waals surface area contributed by atoms with Crippen LogP contribution in [0.2, 0.25) is 10.0 Å². The fourth-order valence-corrected chi connectivity index (χ4v) is 7.46. The summed E-state index contributed by atoms with van der Waals surface area (Å²) < 4.78 is 145. The first-order valence-electron chi connectivity index (χ1n) is 19.1. The molecule has 4 saturated heterocycles. The molecule has 2 aromatic carbocycles. The predicted octanol–water partition coefficient (Wildman–Crippen LogP) is 9.14. The fraction of sp³-hybridized carbons (Fsp3) is 0.658. The number of carbonyl (C=O) groups excluding carboxylic acids is 1. The van der Waals surface area contributed by atoms with Crippen molar-refractivity contribution in [2.75, 3.05) is 88.3 Å². The molecule has 0 saturated carbocycles. The first kappa shape index (κ1) is 52.2. The van der Waals surface area contributed by atoms with Crippen molar-refractivity contribution >= 4 is 40.7 Å². The molecular weight excluding hydrogens is 887 g/mol. The molecule has 0 spiro atoms. The molecule has 9 nitrogen and oxygen atoms in total. The maximum Gasteiger partial charge on any atom is 0.434 e. The quantitative estimate of drug-likeness (QED) is 0.267. The number of rotatable bonds is 7. The lowest BCUT2D eigenvalue weighted by molar-refractivity contribution is -0.309. The van der Waals surface area contributed by atoms with Crippen molar-refractivity contribution in [2.45, 2.75) is 83.1 Å². The van der Waals surface area contributed by atoms with Gasteiger partial charge in [0.25, 0.3) is 6.10 Å². The second-order valence-electron chi connectivity index (χ2n) is 14.5. The van der Waals surface area contributed by atoms with Gasteiger partial charge in [0.2, 0.25) is 6.10 Å². The van der Waals surface area contributed by atoms with Gasteiger partial charge in [0.15, 0.2) is 0 Å². The molecule has 4 aliphatic rings. The Balaban J connectivity index is 0.000000280. The molecule has 0 bridgehead atoms.